The summed E-state index contributed by atoms with van der Waals surface area (Å²) in [6.45, 7) is 0.318. The molecule has 0 saturated heterocycles. The maximum Gasteiger partial charge on any atom is 0.252 e. The SMILES string of the molecule is FC1(F)CCCCC1Cn1cc(Br)cn1. The summed E-state index contributed by atoms with van der Waals surface area (Å²) in [6, 6.07) is 0. The summed E-state index contributed by atoms with van der Waals surface area (Å²) in [5.41, 5.74) is 0. The molecule has 0 radical (unpaired) electrons. The van der Waals surface area contributed by atoms with E-state index in [2.05, 4.69) is 21.0 Å². The fourth-order valence-electron chi connectivity index (χ4n) is 2.06. The van der Waals surface area contributed by atoms with Gasteiger partial charge in [0.1, 0.15) is 0 Å². The molecule has 1 aliphatic carbocycles. The second-order valence-corrected chi connectivity index (χ2v) is 5.00. The highest BCUT2D eigenvalue weighted by atomic mass is 79.9. The number of alkyl halides is 2. The third-order valence-electron chi connectivity index (χ3n) is 2.92. The minimum Gasteiger partial charge on any atom is -0.271 e. The molecule has 0 bridgehead atoms. The second kappa shape index (κ2) is 4.20. The van der Waals surface area contributed by atoms with Crippen LogP contribution in [0, 0.1) is 5.92 Å². The average molecular weight is 279 g/mol. The maximum absolute atomic E-state index is 13.5. The molecule has 1 saturated carbocycles. The molecule has 1 heterocycles. The first-order chi connectivity index (χ1) is 7.08. The van der Waals surface area contributed by atoms with Crippen LogP contribution in [0.3, 0.4) is 0 Å². The maximum atomic E-state index is 13.5. The van der Waals surface area contributed by atoms with Gasteiger partial charge in [0.2, 0.25) is 0 Å². The van der Waals surface area contributed by atoms with Crippen LogP contribution < -0.4 is 0 Å². The van der Waals surface area contributed by atoms with E-state index in [9.17, 15) is 8.78 Å². The van der Waals surface area contributed by atoms with Crippen LogP contribution in [-0.4, -0.2) is 15.7 Å². The molecule has 15 heavy (non-hydrogen) atoms. The first kappa shape index (κ1) is 11.0. The molecule has 5 heteroatoms. The van der Waals surface area contributed by atoms with Crippen LogP contribution in [0.2, 0.25) is 0 Å². The van der Waals surface area contributed by atoms with Crippen molar-refractivity contribution in [2.45, 2.75) is 38.2 Å². The monoisotopic (exact) mass is 278 g/mol. The molecule has 2 rings (SSSR count). The van der Waals surface area contributed by atoms with Gasteiger partial charge in [0.25, 0.3) is 5.92 Å². The Bertz CT molecular complexity index is 338. The second-order valence-electron chi connectivity index (χ2n) is 4.08. The van der Waals surface area contributed by atoms with Crippen molar-refractivity contribution in [2.75, 3.05) is 0 Å². The molecule has 84 valence electrons. The van der Waals surface area contributed by atoms with Gasteiger partial charge in [-0.2, -0.15) is 5.10 Å². The minimum absolute atomic E-state index is 0.0279. The zero-order valence-electron chi connectivity index (χ0n) is 8.30. The van der Waals surface area contributed by atoms with Crippen LogP contribution in [0.4, 0.5) is 8.78 Å². The fourth-order valence-corrected chi connectivity index (χ4v) is 2.38. The van der Waals surface area contributed by atoms with E-state index in [1.807, 2.05) is 0 Å². The van der Waals surface area contributed by atoms with E-state index in [0.717, 1.165) is 10.9 Å². The van der Waals surface area contributed by atoms with Gasteiger partial charge in [0, 0.05) is 25.1 Å². The van der Waals surface area contributed by atoms with Crippen LogP contribution in [0.15, 0.2) is 16.9 Å². The molecular formula is C10H13BrF2N2. The van der Waals surface area contributed by atoms with E-state index in [0.29, 0.717) is 19.4 Å². The van der Waals surface area contributed by atoms with E-state index < -0.39 is 11.8 Å². The lowest BCUT2D eigenvalue weighted by atomic mass is 9.85. The third kappa shape index (κ3) is 2.56. The predicted molar refractivity (Wildman–Crippen MR) is 56.8 cm³/mol. The average Bonchev–Trinajstić information content (AvgIpc) is 2.55. The van der Waals surface area contributed by atoms with E-state index in [-0.39, 0.29) is 6.42 Å². The van der Waals surface area contributed by atoms with Gasteiger partial charge in [-0.3, -0.25) is 4.68 Å². The molecule has 0 N–H and O–H groups in total. The standard InChI is InChI=1S/C10H13BrF2N2/c11-9-5-14-15(7-9)6-8-3-1-2-4-10(8,12)13/h5,7-8H,1-4,6H2. The van der Waals surface area contributed by atoms with Crippen molar-refractivity contribution in [3.8, 4) is 0 Å². The van der Waals surface area contributed by atoms with Crippen molar-refractivity contribution in [1.82, 2.24) is 9.78 Å². The summed E-state index contributed by atoms with van der Waals surface area (Å²) in [5, 5.41) is 4.01. The molecule has 1 fully saturated rings. The molecular weight excluding hydrogens is 266 g/mol. The third-order valence-corrected chi connectivity index (χ3v) is 3.33. The zero-order chi connectivity index (χ0) is 10.9. The first-order valence-electron chi connectivity index (χ1n) is 5.14. The molecule has 0 spiro atoms. The number of nitrogens with zero attached hydrogens (tertiary/aromatic N) is 2. The van der Waals surface area contributed by atoms with Crippen LogP contribution in [0.1, 0.15) is 25.7 Å². The highest BCUT2D eigenvalue weighted by Gasteiger charge is 2.41. The van der Waals surface area contributed by atoms with E-state index in [4.69, 9.17) is 0 Å². The molecule has 1 aromatic heterocycles. The van der Waals surface area contributed by atoms with Crippen molar-refractivity contribution in [2.24, 2.45) is 5.92 Å². The molecule has 1 aromatic rings. The van der Waals surface area contributed by atoms with Crippen molar-refractivity contribution >= 4 is 15.9 Å². The molecule has 0 aromatic carbocycles. The topological polar surface area (TPSA) is 17.8 Å². The van der Waals surface area contributed by atoms with Gasteiger partial charge >= 0.3 is 0 Å². The highest BCUT2D eigenvalue weighted by Crippen LogP contribution is 2.39. The van der Waals surface area contributed by atoms with Gasteiger partial charge in [-0.25, -0.2) is 8.78 Å². The Hall–Kier alpha value is -0.450. The Morgan fingerprint density at radius 2 is 2.33 bits per heavy atom. The largest absolute Gasteiger partial charge is 0.271 e. The van der Waals surface area contributed by atoms with Gasteiger partial charge in [0.15, 0.2) is 0 Å². The zero-order valence-corrected chi connectivity index (χ0v) is 9.88. The molecule has 1 atom stereocenters. The smallest absolute Gasteiger partial charge is 0.252 e. The quantitative estimate of drug-likeness (QED) is 0.810. The summed E-state index contributed by atoms with van der Waals surface area (Å²) in [6.07, 6.45) is 5.55. The van der Waals surface area contributed by atoms with Gasteiger partial charge in [-0.1, -0.05) is 6.42 Å². The van der Waals surface area contributed by atoms with Crippen molar-refractivity contribution < 1.29 is 8.78 Å². The summed E-state index contributed by atoms with van der Waals surface area (Å²) < 4.78 is 29.4. The first-order valence-corrected chi connectivity index (χ1v) is 5.93. The lowest BCUT2D eigenvalue weighted by Gasteiger charge is -2.31. The Labute approximate surface area is 95.8 Å². The summed E-state index contributed by atoms with van der Waals surface area (Å²) in [7, 11) is 0. The number of hydrogen-bond donors (Lipinski definition) is 0. The van der Waals surface area contributed by atoms with Crippen LogP contribution in [0.5, 0.6) is 0 Å². The molecule has 2 nitrogen and oxygen atoms in total. The van der Waals surface area contributed by atoms with Crippen LogP contribution in [0.25, 0.3) is 0 Å². The normalized spacial score (nSPS) is 25.4. The minimum atomic E-state index is -2.52. The predicted octanol–water partition coefficient (Wildman–Crippen LogP) is 3.47. The van der Waals surface area contributed by atoms with E-state index in [1.54, 1.807) is 17.1 Å². The van der Waals surface area contributed by atoms with Crippen molar-refractivity contribution in [3.63, 3.8) is 0 Å². The Morgan fingerprint density at radius 1 is 1.53 bits per heavy atom. The Morgan fingerprint density at radius 3 is 2.93 bits per heavy atom. The number of rotatable bonds is 2. The van der Waals surface area contributed by atoms with Gasteiger partial charge < -0.3 is 0 Å². The Balaban J connectivity index is 2.04. The van der Waals surface area contributed by atoms with Crippen molar-refractivity contribution in [3.05, 3.63) is 16.9 Å². The van der Waals surface area contributed by atoms with Crippen LogP contribution >= 0.6 is 15.9 Å². The van der Waals surface area contributed by atoms with E-state index in [1.165, 1.54) is 0 Å². The number of hydrogen-bond acceptors (Lipinski definition) is 1. The van der Waals surface area contributed by atoms with Crippen molar-refractivity contribution in [1.29, 1.82) is 0 Å². The molecule has 0 amide bonds. The molecule has 1 aliphatic rings. The lowest BCUT2D eigenvalue weighted by molar-refractivity contribution is -0.0919. The molecule has 1 unspecified atom stereocenters. The van der Waals surface area contributed by atoms with E-state index >= 15 is 0 Å². The molecule has 0 aliphatic heterocycles. The number of aromatic nitrogens is 2. The van der Waals surface area contributed by atoms with Gasteiger partial charge in [-0.15, -0.1) is 0 Å². The van der Waals surface area contributed by atoms with Crippen LogP contribution in [-0.2, 0) is 6.54 Å². The lowest BCUT2D eigenvalue weighted by Crippen LogP contribution is -2.34. The summed E-state index contributed by atoms with van der Waals surface area (Å²) in [4.78, 5) is 0. The summed E-state index contributed by atoms with van der Waals surface area (Å²) >= 11 is 3.25. The Kier molecular flexibility index (Phi) is 3.09. The number of halogens is 3. The van der Waals surface area contributed by atoms with Gasteiger partial charge in [0.05, 0.1) is 10.7 Å². The highest BCUT2D eigenvalue weighted by molar-refractivity contribution is 9.10. The summed E-state index contributed by atoms with van der Waals surface area (Å²) in [5.74, 6) is -3.07. The van der Waals surface area contributed by atoms with Gasteiger partial charge in [-0.05, 0) is 28.8 Å². The fraction of sp³-hybridized carbons (Fsp3) is 0.700.